The van der Waals surface area contributed by atoms with Crippen molar-refractivity contribution in [2.45, 2.75) is 38.6 Å². The SMILES string of the molecule is C[C@H](NC(=O)c1c(N)nn2cccnc12)c1cc2cccc(/C=C/C3CCCC3)c2c(=O)n1-c1ccccc1. The van der Waals surface area contributed by atoms with E-state index in [0.717, 1.165) is 16.6 Å². The van der Waals surface area contributed by atoms with Gasteiger partial charge in [0.2, 0.25) is 0 Å². The molecule has 2 aromatic carbocycles. The van der Waals surface area contributed by atoms with Crippen molar-refractivity contribution in [2.75, 3.05) is 5.73 Å². The van der Waals surface area contributed by atoms with E-state index < -0.39 is 11.9 Å². The van der Waals surface area contributed by atoms with Crippen LogP contribution in [-0.4, -0.2) is 25.1 Å². The number of benzene rings is 2. The topological polar surface area (TPSA) is 107 Å². The number of pyridine rings is 1. The van der Waals surface area contributed by atoms with Crippen LogP contribution in [0.15, 0.2) is 83.9 Å². The van der Waals surface area contributed by atoms with E-state index in [1.54, 1.807) is 23.0 Å². The quantitative estimate of drug-likeness (QED) is 0.317. The van der Waals surface area contributed by atoms with Crippen molar-refractivity contribution in [1.82, 2.24) is 24.5 Å². The van der Waals surface area contributed by atoms with E-state index in [1.165, 1.54) is 30.2 Å². The summed E-state index contributed by atoms with van der Waals surface area (Å²) in [6.45, 7) is 1.86. The highest BCUT2D eigenvalue weighted by Gasteiger charge is 2.24. The second kappa shape index (κ2) is 10.2. The molecule has 8 nitrogen and oxygen atoms in total. The molecule has 1 amide bonds. The minimum absolute atomic E-state index is 0.0936. The van der Waals surface area contributed by atoms with Crippen molar-refractivity contribution >= 4 is 34.2 Å². The van der Waals surface area contributed by atoms with Gasteiger partial charge in [-0.1, -0.05) is 61.4 Å². The van der Waals surface area contributed by atoms with Crippen LogP contribution < -0.4 is 16.6 Å². The maximum absolute atomic E-state index is 14.2. The van der Waals surface area contributed by atoms with Crippen LogP contribution in [0.25, 0.3) is 28.2 Å². The number of nitrogen functional groups attached to an aromatic ring is 1. The van der Waals surface area contributed by atoms with Gasteiger partial charge in [-0.25, -0.2) is 9.50 Å². The molecular weight excluding hydrogens is 488 g/mol. The molecule has 8 heteroatoms. The third kappa shape index (κ3) is 4.58. The fourth-order valence-corrected chi connectivity index (χ4v) is 5.56. The van der Waals surface area contributed by atoms with Crippen LogP contribution in [0.3, 0.4) is 0 Å². The number of nitrogens with two attached hydrogens (primary N) is 1. The monoisotopic (exact) mass is 518 g/mol. The molecule has 3 heterocycles. The number of nitrogens with one attached hydrogen (secondary N) is 1. The number of aromatic nitrogens is 4. The van der Waals surface area contributed by atoms with Gasteiger partial charge in [-0.15, -0.1) is 5.10 Å². The molecule has 1 saturated carbocycles. The summed E-state index contributed by atoms with van der Waals surface area (Å²) in [6.07, 6.45) is 12.5. The molecular formula is C31H30N6O2. The van der Waals surface area contributed by atoms with Crippen molar-refractivity contribution in [1.29, 1.82) is 0 Å². The summed E-state index contributed by atoms with van der Waals surface area (Å²) in [5, 5.41) is 8.71. The zero-order valence-corrected chi connectivity index (χ0v) is 21.7. The first kappa shape index (κ1) is 24.6. The number of para-hydroxylation sites is 1. The van der Waals surface area contributed by atoms with Crippen molar-refractivity contribution < 1.29 is 4.79 Å². The molecule has 0 spiro atoms. The van der Waals surface area contributed by atoms with Gasteiger partial charge in [0.15, 0.2) is 11.5 Å². The van der Waals surface area contributed by atoms with E-state index in [1.807, 2.05) is 61.5 Å². The van der Waals surface area contributed by atoms with Gasteiger partial charge in [-0.3, -0.25) is 14.2 Å². The fourth-order valence-electron chi connectivity index (χ4n) is 5.56. The van der Waals surface area contributed by atoms with E-state index in [2.05, 4.69) is 27.6 Å². The molecule has 1 aliphatic carbocycles. The molecule has 6 rings (SSSR count). The molecule has 1 fully saturated rings. The lowest BCUT2D eigenvalue weighted by Gasteiger charge is -2.21. The zero-order valence-electron chi connectivity index (χ0n) is 21.7. The Morgan fingerprint density at radius 2 is 1.90 bits per heavy atom. The lowest BCUT2D eigenvalue weighted by atomic mass is 10.0. The Balaban J connectivity index is 1.45. The molecule has 3 N–H and O–H groups in total. The third-order valence-electron chi connectivity index (χ3n) is 7.51. The Kier molecular flexibility index (Phi) is 6.44. The molecule has 5 aromatic rings. The predicted molar refractivity (Wildman–Crippen MR) is 154 cm³/mol. The highest BCUT2D eigenvalue weighted by Crippen LogP contribution is 2.28. The number of carbonyl (C=O) groups excluding carboxylic acids is 1. The van der Waals surface area contributed by atoms with Crippen LogP contribution in [-0.2, 0) is 0 Å². The van der Waals surface area contributed by atoms with Gasteiger partial charge in [0.25, 0.3) is 11.5 Å². The van der Waals surface area contributed by atoms with E-state index in [-0.39, 0.29) is 16.9 Å². The Bertz CT molecular complexity index is 1760. The second-order valence-corrected chi connectivity index (χ2v) is 10.1. The summed E-state index contributed by atoms with van der Waals surface area (Å²) in [5.74, 6) is 0.248. The first-order chi connectivity index (χ1) is 19.0. The Hall–Kier alpha value is -4.72. The van der Waals surface area contributed by atoms with Crippen LogP contribution in [0.2, 0.25) is 0 Å². The molecule has 0 aliphatic heterocycles. The van der Waals surface area contributed by atoms with Gasteiger partial charge in [-0.05, 0) is 60.9 Å². The lowest BCUT2D eigenvalue weighted by molar-refractivity contribution is 0.0941. The molecule has 0 radical (unpaired) electrons. The average molecular weight is 519 g/mol. The molecule has 0 bridgehead atoms. The van der Waals surface area contributed by atoms with E-state index in [9.17, 15) is 9.59 Å². The number of nitrogens with zero attached hydrogens (tertiary/aromatic N) is 4. The van der Waals surface area contributed by atoms with Crippen molar-refractivity contribution in [2.24, 2.45) is 5.92 Å². The number of amides is 1. The highest BCUT2D eigenvalue weighted by molar-refractivity contribution is 6.04. The molecule has 39 heavy (non-hydrogen) atoms. The van der Waals surface area contributed by atoms with Gasteiger partial charge in [0.1, 0.15) is 5.56 Å². The van der Waals surface area contributed by atoms with Crippen LogP contribution in [0.5, 0.6) is 0 Å². The maximum atomic E-state index is 14.2. The number of carbonyl (C=O) groups is 1. The summed E-state index contributed by atoms with van der Waals surface area (Å²) in [7, 11) is 0. The highest BCUT2D eigenvalue weighted by atomic mass is 16.2. The average Bonchev–Trinajstić information content (AvgIpc) is 3.59. The van der Waals surface area contributed by atoms with Gasteiger partial charge in [0, 0.05) is 23.8 Å². The number of hydrogen-bond acceptors (Lipinski definition) is 5. The van der Waals surface area contributed by atoms with Gasteiger partial charge in [-0.2, -0.15) is 0 Å². The summed E-state index contributed by atoms with van der Waals surface area (Å²) >= 11 is 0. The molecule has 1 atom stereocenters. The summed E-state index contributed by atoms with van der Waals surface area (Å²) in [4.78, 5) is 31.9. The van der Waals surface area contributed by atoms with Crippen LogP contribution in [0.1, 0.15) is 60.3 Å². The van der Waals surface area contributed by atoms with E-state index in [0.29, 0.717) is 22.6 Å². The van der Waals surface area contributed by atoms with Gasteiger partial charge in [0.05, 0.1) is 11.4 Å². The fraction of sp³-hybridized carbons (Fsp3) is 0.226. The number of allylic oxidation sites excluding steroid dienone is 1. The number of hydrogen-bond donors (Lipinski definition) is 2. The van der Waals surface area contributed by atoms with Crippen molar-refractivity contribution in [3.63, 3.8) is 0 Å². The van der Waals surface area contributed by atoms with Crippen molar-refractivity contribution in [3.05, 3.63) is 106 Å². The van der Waals surface area contributed by atoms with Crippen LogP contribution in [0, 0.1) is 5.92 Å². The van der Waals surface area contributed by atoms with Gasteiger partial charge >= 0.3 is 0 Å². The molecule has 196 valence electrons. The maximum Gasteiger partial charge on any atom is 0.263 e. The van der Waals surface area contributed by atoms with Crippen molar-refractivity contribution in [3.8, 4) is 5.69 Å². The zero-order chi connectivity index (χ0) is 26.9. The van der Waals surface area contributed by atoms with Crippen LogP contribution >= 0.6 is 0 Å². The predicted octanol–water partition coefficient (Wildman–Crippen LogP) is 5.31. The van der Waals surface area contributed by atoms with E-state index >= 15 is 0 Å². The molecule has 3 aromatic heterocycles. The lowest BCUT2D eigenvalue weighted by Crippen LogP contribution is -2.32. The third-order valence-corrected chi connectivity index (χ3v) is 7.51. The van der Waals surface area contributed by atoms with Crippen LogP contribution in [0.4, 0.5) is 5.82 Å². The Morgan fingerprint density at radius 3 is 2.69 bits per heavy atom. The largest absolute Gasteiger partial charge is 0.381 e. The summed E-state index contributed by atoms with van der Waals surface area (Å²) in [5.41, 5.74) is 8.83. The Labute approximate surface area is 225 Å². The number of anilines is 1. The van der Waals surface area contributed by atoms with Gasteiger partial charge < -0.3 is 11.1 Å². The minimum atomic E-state index is -0.523. The second-order valence-electron chi connectivity index (χ2n) is 10.1. The standard InChI is InChI=1S/C31H30N6O2/c1-20(34-30(38)27-28(32)35-36-18-8-17-33-29(27)36)25-19-23-12-7-11-22(16-15-21-9-5-6-10-21)26(23)31(39)37(25)24-13-3-2-4-14-24/h2-4,7-8,11-21H,5-6,9-10H2,1H3,(H2,32,35)(H,34,38)/b16-15+/t20-/m0/s1. The molecule has 0 unspecified atom stereocenters. The summed E-state index contributed by atoms with van der Waals surface area (Å²) in [6, 6.07) is 18.6. The first-order valence-electron chi connectivity index (χ1n) is 13.3. The number of rotatable bonds is 6. The smallest absolute Gasteiger partial charge is 0.263 e. The molecule has 1 aliphatic rings. The number of fused-ring (bicyclic) bond motifs is 2. The Morgan fingerprint density at radius 1 is 1.10 bits per heavy atom. The van der Waals surface area contributed by atoms with E-state index in [4.69, 9.17) is 5.73 Å². The minimum Gasteiger partial charge on any atom is -0.381 e. The summed E-state index contributed by atoms with van der Waals surface area (Å²) < 4.78 is 3.17. The molecule has 0 saturated heterocycles. The first-order valence-corrected chi connectivity index (χ1v) is 13.3. The normalized spacial score (nSPS) is 14.9.